The number of unbranched alkanes of at least 4 members (excludes halogenated alkanes) is 18. The van der Waals surface area contributed by atoms with Gasteiger partial charge in [0.2, 0.25) is 0 Å². The molecule has 1 aliphatic carbocycles. The molecule has 0 amide bonds. The Labute approximate surface area is 360 Å². The summed E-state index contributed by atoms with van der Waals surface area (Å²) in [7, 11) is -5.14. The van der Waals surface area contributed by atoms with Crippen molar-refractivity contribution in [3.8, 4) is 0 Å². The van der Waals surface area contributed by atoms with Gasteiger partial charge in [-0.05, 0) is 57.8 Å². The van der Waals surface area contributed by atoms with Crippen LogP contribution in [0.1, 0.15) is 174 Å². The topological polar surface area (TPSA) is 230 Å². The maximum atomic E-state index is 12.8. The molecular weight excluding hydrogens is 795 g/mol. The van der Waals surface area contributed by atoms with Gasteiger partial charge in [0.25, 0.3) is 0 Å². The molecule has 0 spiro atoms. The predicted octanol–water partition coefficient (Wildman–Crippen LogP) is 7.58. The second kappa shape index (κ2) is 35.5. The minimum absolute atomic E-state index is 0.0521. The van der Waals surface area contributed by atoms with Crippen LogP contribution < -0.4 is 0 Å². The van der Waals surface area contributed by atoms with Gasteiger partial charge in [0.15, 0.2) is 6.10 Å². The Morgan fingerprint density at radius 1 is 0.583 bits per heavy atom. The first kappa shape index (κ1) is 56.0. The van der Waals surface area contributed by atoms with Gasteiger partial charge in [-0.2, -0.15) is 0 Å². The van der Waals surface area contributed by atoms with Crippen molar-refractivity contribution in [1.29, 1.82) is 0 Å². The molecule has 1 rings (SSSR count). The molecule has 14 nitrogen and oxygen atoms in total. The fraction of sp³-hybridized carbons (Fsp3) is 0.822. The van der Waals surface area contributed by atoms with E-state index < -0.39 is 81.8 Å². The van der Waals surface area contributed by atoms with Crippen LogP contribution in [0.25, 0.3) is 0 Å². The van der Waals surface area contributed by atoms with Crippen molar-refractivity contribution in [1.82, 2.24) is 0 Å². The monoisotopic (exact) mass is 877 g/mol. The number of allylic oxidation sites excluding steroid dienone is 5. The van der Waals surface area contributed by atoms with Crippen LogP contribution in [0.2, 0.25) is 0 Å². The van der Waals surface area contributed by atoms with E-state index in [2.05, 4.69) is 32.1 Å². The number of carbonyl (C=O) groups is 2. The standard InChI is InChI=1S/C45H81O14P/c1-3-5-7-8-9-10-11-12-13-14-15-18-21-24-28-32-38(47)56-34-37(35-57-60(54,55)59-45-43(52)41(50)40(49)42(51)44(45)53)58-39(48)33-29-25-22-19-16-17-20-23-27-31-36(46)30-26-6-4-2/h12-13,20,23,27,31,36-37,40-46,49-53H,3-11,14-19,21-22,24-26,28-30,32-35H2,1-2H3,(H,54,55). The van der Waals surface area contributed by atoms with Crippen molar-refractivity contribution >= 4 is 19.8 Å². The van der Waals surface area contributed by atoms with Gasteiger partial charge in [-0.3, -0.25) is 18.6 Å². The summed E-state index contributed by atoms with van der Waals surface area (Å²) >= 11 is 0. The molecule has 1 saturated carbocycles. The SMILES string of the molecule is CCCCCCCCC=CCCCCCCCC(=O)OCC(COP(=O)(O)OC1C(O)C(O)C(O)C(O)C1O)OC(=O)CCCCCCCC=CC=CC(O)CCCCC. The van der Waals surface area contributed by atoms with E-state index in [1.807, 2.05) is 18.2 Å². The number of aliphatic hydroxyl groups excluding tert-OH is 6. The number of ether oxygens (including phenoxy) is 2. The molecule has 60 heavy (non-hydrogen) atoms. The van der Waals surface area contributed by atoms with Crippen LogP contribution in [0, 0.1) is 0 Å². The number of hydrogen-bond donors (Lipinski definition) is 7. The number of aliphatic hydroxyl groups is 6. The molecule has 0 aromatic carbocycles. The first-order chi connectivity index (χ1) is 28.8. The lowest BCUT2D eigenvalue weighted by Gasteiger charge is -2.41. The third-order valence-electron chi connectivity index (χ3n) is 10.6. The lowest BCUT2D eigenvalue weighted by molar-refractivity contribution is -0.220. The van der Waals surface area contributed by atoms with E-state index in [0.717, 1.165) is 96.3 Å². The molecule has 0 aliphatic heterocycles. The Morgan fingerprint density at radius 2 is 1.05 bits per heavy atom. The average Bonchev–Trinajstić information content (AvgIpc) is 3.22. The lowest BCUT2D eigenvalue weighted by Crippen LogP contribution is -2.64. The smallest absolute Gasteiger partial charge is 0.462 e. The molecule has 15 heteroatoms. The van der Waals surface area contributed by atoms with Crippen molar-refractivity contribution in [3.05, 3.63) is 36.5 Å². The second-order valence-electron chi connectivity index (χ2n) is 16.1. The largest absolute Gasteiger partial charge is 0.472 e. The van der Waals surface area contributed by atoms with Gasteiger partial charge in [0, 0.05) is 12.8 Å². The highest BCUT2D eigenvalue weighted by atomic mass is 31.2. The lowest BCUT2D eigenvalue weighted by atomic mass is 9.85. The van der Waals surface area contributed by atoms with E-state index in [4.69, 9.17) is 18.5 Å². The van der Waals surface area contributed by atoms with Crippen molar-refractivity contribution in [2.24, 2.45) is 0 Å². The minimum atomic E-state index is -5.14. The molecule has 7 unspecified atom stereocenters. The molecule has 0 aromatic rings. The zero-order valence-electron chi connectivity index (χ0n) is 36.6. The van der Waals surface area contributed by atoms with Crippen molar-refractivity contribution in [3.63, 3.8) is 0 Å². The van der Waals surface area contributed by atoms with Crippen molar-refractivity contribution in [2.45, 2.75) is 223 Å². The first-order valence-corrected chi connectivity index (χ1v) is 24.4. The van der Waals surface area contributed by atoms with Gasteiger partial charge in [0.1, 0.15) is 43.2 Å². The fourth-order valence-electron chi connectivity index (χ4n) is 6.77. The highest BCUT2D eigenvalue weighted by molar-refractivity contribution is 7.47. The van der Waals surface area contributed by atoms with Crippen LogP contribution in [0.5, 0.6) is 0 Å². The third kappa shape index (κ3) is 27.9. The molecule has 0 bridgehead atoms. The summed E-state index contributed by atoms with van der Waals surface area (Å²) in [5, 5.41) is 60.0. The summed E-state index contributed by atoms with van der Waals surface area (Å²) in [6, 6.07) is 0. The fourth-order valence-corrected chi connectivity index (χ4v) is 7.74. The molecule has 0 radical (unpaired) electrons. The summed E-state index contributed by atoms with van der Waals surface area (Å²) in [6.07, 6.45) is 22.3. The van der Waals surface area contributed by atoms with Crippen LogP contribution in [0.3, 0.4) is 0 Å². The normalized spacial score (nSPS) is 23.0. The van der Waals surface area contributed by atoms with E-state index in [0.29, 0.717) is 12.8 Å². The van der Waals surface area contributed by atoms with Gasteiger partial charge in [-0.1, -0.05) is 140 Å². The highest BCUT2D eigenvalue weighted by Gasteiger charge is 2.51. The maximum Gasteiger partial charge on any atom is 0.472 e. The molecule has 7 N–H and O–H groups in total. The Kier molecular flexibility index (Phi) is 33.1. The Bertz CT molecular complexity index is 1210. The number of phosphoric acid groups is 1. The second-order valence-corrected chi connectivity index (χ2v) is 17.5. The van der Waals surface area contributed by atoms with Crippen molar-refractivity contribution < 1.29 is 68.2 Å². The number of esters is 2. The molecule has 350 valence electrons. The quantitative estimate of drug-likeness (QED) is 0.0105. The zero-order valence-corrected chi connectivity index (χ0v) is 37.5. The number of carbonyl (C=O) groups excluding carboxylic acids is 2. The Balaban J connectivity index is 2.50. The van der Waals surface area contributed by atoms with Gasteiger partial charge >= 0.3 is 19.8 Å². The Morgan fingerprint density at radius 3 is 1.62 bits per heavy atom. The summed E-state index contributed by atoms with van der Waals surface area (Å²) in [4.78, 5) is 35.7. The minimum Gasteiger partial charge on any atom is -0.462 e. The summed E-state index contributed by atoms with van der Waals surface area (Å²) in [5.74, 6) is -1.16. The van der Waals surface area contributed by atoms with Crippen LogP contribution in [0.4, 0.5) is 0 Å². The molecule has 1 aliphatic rings. The van der Waals surface area contributed by atoms with E-state index in [-0.39, 0.29) is 12.8 Å². The van der Waals surface area contributed by atoms with Gasteiger partial charge < -0.3 is 45.0 Å². The maximum absolute atomic E-state index is 12.8. The van der Waals surface area contributed by atoms with Crippen LogP contribution in [-0.4, -0.2) is 110 Å². The highest BCUT2D eigenvalue weighted by Crippen LogP contribution is 2.47. The van der Waals surface area contributed by atoms with Gasteiger partial charge in [-0.25, -0.2) is 4.57 Å². The number of hydrogen-bond acceptors (Lipinski definition) is 13. The number of rotatable bonds is 37. The van der Waals surface area contributed by atoms with Crippen LogP contribution in [-0.2, 0) is 32.7 Å². The zero-order chi connectivity index (χ0) is 44.4. The molecular formula is C45H81O14P. The third-order valence-corrected chi connectivity index (χ3v) is 11.5. The van der Waals surface area contributed by atoms with Gasteiger partial charge in [-0.15, -0.1) is 0 Å². The summed E-state index contributed by atoms with van der Waals surface area (Å²) < 4.78 is 33.4. The van der Waals surface area contributed by atoms with E-state index in [1.54, 1.807) is 0 Å². The van der Waals surface area contributed by atoms with Crippen LogP contribution >= 0.6 is 7.82 Å². The van der Waals surface area contributed by atoms with E-state index >= 15 is 0 Å². The van der Waals surface area contributed by atoms with Gasteiger partial charge in [0.05, 0.1) is 12.7 Å². The van der Waals surface area contributed by atoms with E-state index in [1.165, 1.54) is 38.5 Å². The van der Waals surface area contributed by atoms with E-state index in [9.17, 15) is 49.7 Å². The molecule has 0 aromatic heterocycles. The summed E-state index contributed by atoms with van der Waals surface area (Å²) in [6.45, 7) is 3.14. The number of phosphoric ester groups is 1. The molecule has 7 atom stereocenters. The molecule has 0 saturated heterocycles. The first-order valence-electron chi connectivity index (χ1n) is 22.9. The Hall–Kier alpha value is -1.97. The predicted molar refractivity (Wildman–Crippen MR) is 232 cm³/mol. The molecule has 0 heterocycles. The van der Waals surface area contributed by atoms with Crippen LogP contribution in [0.15, 0.2) is 36.5 Å². The summed E-state index contributed by atoms with van der Waals surface area (Å²) in [5.41, 5.74) is 0. The molecule has 1 fully saturated rings. The van der Waals surface area contributed by atoms with Crippen molar-refractivity contribution in [2.75, 3.05) is 13.2 Å². The average molecular weight is 877 g/mol.